The van der Waals surface area contributed by atoms with Crippen molar-refractivity contribution in [3.05, 3.63) is 71.5 Å². The summed E-state index contributed by atoms with van der Waals surface area (Å²) >= 11 is 0. The molecule has 0 bridgehead atoms. The first-order valence-electron chi connectivity index (χ1n) is 12.5. The van der Waals surface area contributed by atoms with Gasteiger partial charge in [-0.15, -0.1) is 0 Å². The van der Waals surface area contributed by atoms with Crippen molar-refractivity contribution in [1.29, 1.82) is 0 Å². The van der Waals surface area contributed by atoms with E-state index >= 15 is 0 Å². The average Bonchev–Trinajstić information content (AvgIpc) is 3.43. The molecular weight excluding hydrogens is 486 g/mol. The summed E-state index contributed by atoms with van der Waals surface area (Å²) in [6.45, 7) is 5.89. The van der Waals surface area contributed by atoms with E-state index in [0.717, 1.165) is 38.6 Å². The number of aromatic amines is 1. The third kappa shape index (κ3) is 5.86. The molecule has 4 rings (SSSR count). The highest BCUT2D eigenvalue weighted by Crippen LogP contribution is 2.25. The molecule has 4 aromatic rings. The predicted octanol–water partition coefficient (Wildman–Crippen LogP) is 3.80. The number of H-pyrrole nitrogens is 1. The molecule has 38 heavy (non-hydrogen) atoms. The van der Waals surface area contributed by atoms with Crippen molar-refractivity contribution in [3.63, 3.8) is 0 Å². The van der Waals surface area contributed by atoms with Crippen LogP contribution in [0, 0.1) is 6.92 Å². The maximum atomic E-state index is 13.1. The topological polar surface area (TPSA) is 127 Å². The Bertz CT molecular complexity index is 1490. The molecule has 10 heteroatoms. The van der Waals surface area contributed by atoms with E-state index < -0.39 is 18.0 Å². The van der Waals surface area contributed by atoms with Crippen LogP contribution in [-0.2, 0) is 32.0 Å². The second-order valence-corrected chi connectivity index (χ2v) is 8.62. The molecule has 0 aliphatic rings. The fraction of sp³-hybridized carbons (Fsp3) is 0.286. The van der Waals surface area contributed by atoms with Crippen molar-refractivity contribution >= 4 is 46.0 Å². The molecule has 2 aromatic carbocycles. The quantitative estimate of drug-likeness (QED) is 0.168. The smallest absolute Gasteiger partial charge is 0.407 e. The SMILES string of the molecule is CCOC(=O)Cn1c(C)c(/C=N\NC(=O)[C@@H](Cc2c[nH]c3ccccc23)NC(=O)OCC)c2ccccc21. The molecule has 3 N–H and O–H groups in total. The van der Waals surface area contributed by atoms with Crippen LogP contribution in [0.15, 0.2) is 59.8 Å². The summed E-state index contributed by atoms with van der Waals surface area (Å²) in [4.78, 5) is 40.7. The molecule has 0 unspecified atom stereocenters. The normalized spacial score (nSPS) is 12.1. The van der Waals surface area contributed by atoms with Gasteiger partial charge in [-0.2, -0.15) is 5.10 Å². The first-order chi connectivity index (χ1) is 18.4. The summed E-state index contributed by atoms with van der Waals surface area (Å²) < 4.78 is 12.0. The van der Waals surface area contributed by atoms with E-state index in [2.05, 4.69) is 20.8 Å². The number of amides is 2. The second kappa shape index (κ2) is 12.1. The van der Waals surface area contributed by atoms with Crippen molar-refractivity contribution in [2.75, 3.05) is 13.2 Å². The molecule has 2 aromatic heterocycles. The number of hydrazone groups is 1. The molecule has 10 nitrogen and oxygen atoms in total. The fourth-order valence-electron chi connectivity index (χ4n) is 4.44. The number of hydrogen-bond donors (Lipinski definition) is 3. The van der Waals surface area contributed by atoms with Crippen LogP contribution in [0.5, 0.6) is 0 Å². The summed E-state index contributed by atoms with van der Waals surface area (Å²) in [5, 5.41) is 8.67. The minimum absolute atomic E-state index is 0.0660. The zero-order valence-corrected chi connectivity index (χ0v) is 21.6. The number of aromatic nitrogens is 2. The van der Waals surface area contributed by atoms with Gasteiger partial charge >= 0.3 is 12.1 Å². The van der Waals surface area contributed by atoms with Crippen LogP contribution in [0.4, 0.5) is 4.79 Å². The van der Waals surface area contributed by atoms with E-state index in [9.17, 15) is 14.4 Å². The third-order valence-corrected chi connectivity index (χ3v) is 6.22. The van der Waals surface area contributed by atoms with Gasteiger partial charge in [0, 0.05) is 45.7 Å². The van der Waals surface area contributed by atoms with Crippen LogP contribution in [-0.4, -0.2) is 53.0 Å². The maximum absolute atomic E-state index is 13.1. The van der Waals surface area contributed by atoms with Crippen molar-refractivity contribution in [3.8, 4) is 0 Å². The van der Waals surface area contributed by atoms with Crippen molar-refractivity contribution in [2.24, 2.45) is 5.10 Å². The summed E-state index contributed by atoms with van der Waals surface area (Å²) in [7, 11) is 0. The predicted molar refractivity (Wildman–Crippen MR) is 145 cm³/mol. The number of esters is 1. The lowest BCUT2D eigenvalue weighted by Crippen LogP contribution is -2.47. The number of nitrogens with zero attached hydrogens (tertiary/aromatic N) is 2. The highest BCUT2D eigenvalue weighted by Gasteiger charge is 2.23. The van der Waals surface area contributed by atoms with E-state index in [1.807, 2.05) is 66.2 Å². The molecule has 1 atom stereocenters. The Hall–Kier alpha value is -4.60. The number of para-hydroxylation sites is 2. The van der Waals surface area contributed by atoms with Crippen LogP contribution in [0.3, 0.4) is 0 Å². The molecule has 0 saturated heterocycles. The summed E-state index contributed by atoms with van der Waals surface area (Å²) in [5.74, 6) is -0.828. The van der Waals surface area contributed by atoms with Crippen LogP contribution in [0.2, 0.25) is 0 Å². The molecular formula is C28H31N5O5. The van der Waals surface area contributed by atoms with Crippen molar-refractivity contribution in [1.82, 2.24) is 20.3 Å². The summed E-state index contributed by atoms with van der Waals surface area (Å²) in [6.07, 6.45) is 2.92. The number of carbonyl (C=O) groups excluding carboxylic acids is 3. The Morgan fingerprint density at radius 1 is 1.03 bits per heavy atom. The highest BCUT2D eigenvalue weighted by atomic mass is 16.5. The van der Waals surface area contributed by atoms with Crippen LogP contribution in [0.25, 0.3) is 21.8 Å². The summed E-state index contributed by atoms with van der Waals surface area (Å²) in [6, 6.07) is 14.4. The number of nitrogens with one attached hydrogen (secondary N) is 3. The maximum Gasteiger partial charge on any atom is 0.407 e. The molecule has 0 spiro atoms. The molecule has 0 saturated carbocycles. The number of carbonyl (C=O) groups is 3. The lowest BCUT2D eigenvalue weighted by Gasteiger charge is -2.16. The van der Waals surface area contributed by atoms with Crippen molar-refractivity contribution < 1.29 is 23.9 Å². The minimum Gasteiger partial charge on any atom is -0.465 e. The Morgan fingerprint density at radius 3 is 2.50 bits per heavy atom. The van der Waals surface area contributed by atoms with Gasteiger partial charge in [-0.05, 0) is 38.5 Å². The standard InChI is InChI=1S/C28H31N5O5/c1-4-37-26(34)17-33-18(3)22(21-11-7-9-13-25(21)33)16-30-32-27(35)24(31-28(36)38-5-2)14-19-15-29-23-12-8-6-10-20(19)23/h6-13,15-16,24,29H,4-5,14,17H2,1-3H3,(H,31,36)(H,32,35)/b30-16-/t24-/m1/s1. The third-order valence-electron chi connectivity index (χ3n) is 6.22. The Morgan fingerprint density at radius 2 is 1.74 bits per heavy atom. The lowest BCUT2D eigenvalue weighted by molar-refractivity contribution is -0.143. The number of ether oxygens (including phenoxy) is 2. The molecule has 0 fully saturated rings. The molecule has 2 amide bonds. The van der Waals surface area contributed by atoms with Gasteiger partial charge in [0.2, 0.25) is 0 Å². The van der Waals surface area contributed by atoms with E-state index in [1.165, 1.54) is 0 Å². The van der Waals surface area contributed by atoms with Gasteiger partial charge in [0.1, 0.15) is 12.6 Å². The van der Waals surface area contributed by atoms with E-state index in [-0.39, 0.29) is 25.5 Å². The summed E-state index contributed by atoms with van der Waals surface area (Å²) in [5.41, 5.74) is 6.78. The monoisotopic (exact) mass is 517 g/mol. The second-order valence-electron chi connectivity index (χ2n) is 8.62. The molecule has 0 aliphatic carbocycles. The van der Waals surface area contributed by atoms with Crippen LogP contribution < -0.4 is 10.7 Å². The largest absolute Gasteiger partial charge is 0.465 e. The zero-order valence-electron chi connectivity index (χ0n) is 21.6. The van der Waals surface area contributed by atoms with Gasteiger partial charge in [0.15, 0.2) is 0 Å². The van der Waals surface area contributed by atoms with Crippen LogP contribution in [0.1, 0.15) is 30.7 Å². The Balaban J connectivity index is 1.55. The van der Waals surface area contributed by atoms with E-state index in [4.69, 9.17) is 9.47 Å². The van der Waals surface area contributed by atoms with Gasteiger partial charge in [-0.25, -0.2) is 10.2 Å². The number of fused-ring (bicyclic) bond motifs is 2. The van der Waals surface area contributed by atoms with Crippen LogP contribution >= 0.6 is 0 Å². The average molecular weight is 518 g/mol. The lowest BCUT2D eigenvalue weighted by atomic mass is 10.0. The number of alkyl carbamates (subject to hydrolysis) is 1. The fourth-order valence-corrected chi connectivity index (χ4v) is 4.44. The first-order valence-corrected chi connectivity index (χ1v) is 12.5. The molecule has 0 aliphatic heterocycles. The highest BCUT2D eigenvalue weighted by molar-refractivity contribution is 6.02. The number of hydrogen-bond acceptors (Lipinski definition) is 6. The van der Waals surface area contributed by atoms with Gasteiger partial charge < -0.3 is 24.3 Å². The van der Waals surface area contributed by atoms with Gasteiger partial charge in [0.05, 0.1) is 19.4 Å². The Labute approximate surface area is 220 Å². The molecule has 2 heterocycles. The van der Waals surface area contributed by atoms with E-state index in [1.54, 1.807) is 20.1 Å². The molecule has 198 valence electrons. The minimum atomic E-state index is -0.920. The Kier molecular flexibility index (Phi) is 8.42. The first kappa shape index (κ1) is 26.5. The number of benzene rings is 2. The molecule has 0 radical (unpaired) electrons. The van der Waals surface area contributed by atoms with Crippen molar-refractivity contribution in [2.45, 2.75) is 39.8 Å². The van der Waals surface area contributed by atoms with Gasteiger partial charge in [0.25, 0.3) is 5.91 Å². The van der Waals surface area contributed by atoms with Gasteiger partial charge in [-0.1, -0.05) is 36.4 Å². The zero-order chi connectivity index (χ0) is 27.1. The number of rotatable bonds is 10. The van der Waals surface area contributed by atoms with Gasteiger partial charge in [-0.3, -0.25) is 9.59 Å². The van der Waals surface area contributed by atoms with E-state index in [0.29, 0.717) is 6.61 Å².